The number of hydrogen-bond donors (Lipinski definition) is 3. The second-order valence-electron chi connectivity index (χ2n) is 11.7. The highest BCUT2D eigenvalue weighted by Gasteiger charge is 2.56. The van der Waals surface area contributed by atoms with Crippen LogP contribution in [0.1, 0.15) is 43.9 Å². The third kappa shape index (κ3) is 9.62. The summed E-state index contributed by atoms with van der Waals surface area (Å²) in [5.74, 6) is -2.07. The molecule has 3 aromatic carbocycles. The lowest BCUT2D eigenvalue weighted by Crippen LogP contribution is -2.51. The average Bonchev–Trinajstić information content (AvgIpc) is 3.25. The summed E-state index contributed by atoms with van der Waals surface area (Å²) >= 11 is 0. The van der Waals surface area contributed by atoms with Crippen molar-refractivity contribution in [2.45, 2.75) is 83.1 Å². The number of alkyl carbamates (subject to hydrolysis) is 1. The normalized spacial score (nSPS) is 22.6. The standard InChI is InChI=1S/C34H41NO8/c1-34(2,3)43-33(39)35-29-28(26(36)19-27(37)38)30(40-20-23-13-7-4-8-14-23)32(42-22-25-17-11-6-12-18-25)31(29)41-21-24-15-9-5-10-16-24/h4-18,26,28-32,36H,19-22H2,1-3H3,(H,35,39)(H,37,38). The van der Waals surface area contributed by atoms with Gasteiger partial charge in [0.1, 0.15) is 17.8 Å². The zero-order chi connectivity index (χ0) is 30.8. The van der Waals surface area contributed by atoms with Crippen molar-refractivity contribution in [3.63, 3.8) is 0 Å². The third-order valence-electron chi connectivity index (χ3n) is 7.16. The fourth-order valence-corrected chi connectivity index (χ4v) is 5.32. The molecule has 43 heavy (non-hydrogen) atoms. The maximum atomic E-state index is 13.1. The van der Waals surface area contributed by atoms with Crippen molar-refractivity contribution in [1.29, 1.82) is 0 Å². The Balaban J connectivity index is 1.72. The summed E-state index contributed by atoms with van der Waals surface area (Å²) in [7, 11) is 0. The van der Waals surface area contributed by atoms with Gasteiger partial charge >= 0.3 is 12.1 Å². The number of carboxylic acid groups (broad SMARTS) is 1. The van der Waals surface area contributed by atoms with Crippen LogP contribution in [0.4, 0.5) is 4.79 Å². The van der Waals surface area contributed by atoms with Gasteiger partial charge in [-0.1, -0.05) is 91.0 Å². The largest absolute Gasteiger partial charge is 0.481 e. The molecule has 1 amide bonds. The Bertz CT molecular complexity index is 1280. The van der Waals surface area contributed by atoms with E-state index in [0.717, 1.165) is 16.7 Å². The number of aliphatic hydroxyl groups is 1. The van der Waals surface area contributed by atoms with Crippen LogP contribution < -0.4 is 5.32 Å². The van der Waals surface area contributed by atoms with Gasteiger partial charge in [-0.2, -0.15) is 0 Å². The molecule has 0 radical (unpaired) electrons. The SMILES string of the molecule is CC(C)(C)OC(=O)NC1C(OCc2ccccc2)C(OCc2ccccc2)C(OCc2ccccc2)C1C(O)CC(=O)O. The maximum Gasteiger partial charge on any atom is 0.407 e. The van der Waals surface area contributed by atoms with Crippen molar-refractivity contribution in [2.24, 2.45) is 5.92 Å². The third-order valence-corrected chi connectivity index (χ3v) is 7.16. The van der Waals surface area contributed by atoms with E-state index in [2.05, 4.69) is 5.32 Å². The van der Waals surface area contributed by atoms with Crippen LogP contribution in [0.25, 0.3) is 0 Å². The van der Waals surface area contributed by atoms with Crippen molar-refractivity contribution in [1.82, 2.24) is 5.32 Å². The highest BCUT2D eigenvalue weighted by atomic mass is 16.6. The van der Waals surface area contributed by atoms with Crippen LogP contribution in [0.3, 0.4) is 0 Å². The van der Waals surface area contributed by atoms with Crippen molar-refractivity contribution in [3.8, 4) is 0 Å². The van der Waals surface area contributed by atoms with Crippen molar-refractivity contribution >= 4 is 12.1 Å². The number of nitrogens with one attached hydrogen (secondary N) is 1. The fraction of sp³-hybridized carbons (Fsp3) is 0.412. The molecule has 0 heterocycles. The zero-order valence-electron chi connectivity index (χ0n) is 24.8. The molecule has 9 heteroatoms. The summed E-state index contributed by atoms with van der Waals surface area (Å²) in [5, 5.41) is 23.8. The Kier molecular flexibility index (Phi) is 11.3. The summed E-state index contributed by atoms with van der Waals surface area (Å²) in [6.45, 7) is 5.83. The summed E-state index contributed by atoms with van der Waals surface area (Å²) < 4.78 is 25.0. The van der Waals surface area contributed by atoms with Crippen molar-refractivity contribution in [2.75, 3.05) is 0 Å². The minimum absolute atomic E-state index is 0.178. The van der Waals surface area contributed by atoms with E-state index in [1.165, 1.54) is 0 Å². The average molecular weight is 592 g/mol. The molecule has 4 rings (SSSR count). The molecule has 1 fully saturated rings. The Morgan fingerprint density at radius 2 is 1.14 bits per heavy atom. The summed E-state index contributed by atoms with van der Waals surface area (Å²) in [5.41, 5.74) is 1.92. The van der Waals surface area contributed by atoms with Gasteiger partial charge in [0.05, 0.1) is 44.5 Å². The number of benzene rings is 3. The minimum Gasteiger partial charge on any atom is -0.481 e. The number of amides is 1. The van der Waals surface area contributed by atoms with E-state index < -0.39 is 60.5 Å². The van der Waals surface area contributed by atoms with Gasteiger partial charge in [-0.3, -0.25) is 4.79 Å². The topological polar surface area (TPSA) is 124 Å². The summed E-state index contributed by atoms with van der Waals surface area (Å²) in [6.07, 6.45) is -5.08. The number of carbonyl (C=O) groups excluding carboxylic acids is 1. The Labute approximate surface area is 252 Å². The van der Waals surface area contributed by atoms with Crippen LogP contribution in [0.2, 0.25) is 0 Å². The van der Waals surface area contributed by atoms with Gasteiger partial charge in [-0.25, -0.2) is 4.79 Å². The van der Waals surface area contributed by atoms with E-state index in [1.807, 2.05) is 91.0 Å². The fourth-order valence-electron chi connectivity index (χ4n) is 5.32. The van der Waals surface area contributed by atoms with E-state index in [-0.39, 0.29) is 19.8 Å². The van der Waals surface area contributed by atoms with E-state index >= 15 is 0 Å². The zero-order valence-corrected chi connectivity index (χ0v) is 24.8. The number of hydrogen-bond acceptors (Lipinski definition) is 7. The second kappa shape index (κ2) is 15.1. The molecule has 1 saturated carbocycles. The number of rotatable bonds is 13. The molecule has 9 nitrogen and oxygen atoms in total. The van der Waals surface area contributed by atoms with Gasteiger partial charge in [-0.05, 0) is 37.5 Å². The Morgan fingerprint density at radius 1 is 0.721 bits per heavy atom. The van der Waals surface area contributed by atoms with E-state index in [0.29, 0.717) is 0 Å². The first kappa shape index (κ1) is 32.2. The van der Waals surface area contributed by atoms with Gasteiger partial charge in [0.2, 0.25) is 0 Å². The van der Waals surface area contributed by atoms with Crippen LogP contribution in [0, 0.1) is 5.92 Å². The van der Waals surface area contributed by atoms with Crippen LogP contribution in [-0.4, -0.2) is 58.3 Å². The van der Waals surface area contributed by atoms with Crippen LogP contribution in [0.5, 0.6) is 0 Å². The molecule has 0 saturated heterocycles. The molecular formula is C34H41NO8. The van der Waals surface area contributed by atoms with Gasteiger partial charge in [-0.15, -0.1) is 0 Å². The smallest absolute Gasteiger partial charge is 0.407 e. The molecule has 6 atom stereocenters. The predicted octanol–water partition coefficient (Wildman–Crippen LogP) is 5.10. The first-order valence-electron chi connectivity index (χ1n) is 14.5. The van der Waals surface area contributed by atoms with Crippen LogP contribution in [-0.2, 0) is 43.6 Å². The molecule has 0 spiro atoms. The summed E-state index contributed by atoms with van der Waals surface area (Å²) in [4.78, 5) is 24.9. The Morgan fingerprint density at radius 3 is 1.56 bits per heavy atom. The van der Waals surface area contributed by atoms with Gasteiger partial charge in [0, 0.05) is 5.92 Å². The van der Waals surface area contributed by atoms with Gasteiger partial charge in [0.15, 0.2) is 0 Å². The van der Waals surface area contributed by atoms with E-state index in [1.54, 1.807) is 20.8 Å². The second-order valence-corrected chi connectivity index (χ2v) is 11.7. The summed E-state index contributed by atoms with van der Waals surface area (Å²) in [6, 6.07) is 27.8. The lowest BCUT2D eigenvalue weighted by atomic mass is 9.92. The number of ether oxygens (including phenoxy) is 4. The highest BCUT2D eigenvalue weighted by Crippen LogP contribution is 2.39. The van der Waals surface area contributed by atoms with Crippen molar-refractivity contribution < 1.29 is 38.7 Å². The molecular weight excluding hydrogens is 550 g/mol. The van der Waals surface area contributed by atoms with E-state index in [9.17, 15) is 19.8 Å². The molecule has 1 aliphatic rings. The molecule has 3 N–H and O–H groups in total. The van der Waals surface area contributed by atoms with Gasteiger partial charge < -0.3 is 34.5 Å². The van der Waals surface area contributed by atoms with E-state index in [4.69, 9.17) is 18.9 Å². The lowest BCUT2D eigenvalue weighted by Gasteiger charge is -2.31. The maximum absolute atomic E-state index is 13.1. The Hall–Kier alpha value is -3.76. The van der Waals surface area contributed by atoms with Crippen LogP contribution in [0.15, 0.2) is 91.0 Å². The molecule has 0 aromatic heterocycles. The molecule has 1 aliphatic carbocycles. The molecule has 6 unspecified atom stereocenters. The minimum atomic E-state index is -1.38. The first-order valence-corrected chi connectivity index (χ1v) is 14.5. The van der Waals surface area contributed by atoms with Gasteiger partial charge in [0.25, 0.3) is 0 Å². The predicted molar refractivity (Wildman–Crippen MR) is 160 cm³/mol. The monoisotopic (exact) mass is 591 g/mol. The van der Waals surface area contributed by atoms with Crippen molar-refractivity contribution in [3.05, 3.63) is 108 Å². The number of carboxylic acids is 1. The highest BCUT2D eigenvalue weighted by molar-refractivity contribution is 5.69. The number of aliphatic carboxylic acids is 1. The lowest BCUT2D eigenvalue weighted by molar-refractivity contribution is -0.144. The molecule has 230 valence electrons. The number of aliphatic hydroxyl groups excluding tert-OH is 1. The molecule has 3 aromatic rings. The van der Waals surface area contributed by atoms with Crippen LogP contribution >= 0.6 is 0 Å². The first-order chi connectivity index (χ1) is 20.6. The molecule has 0 aliphatic heterocycles. The molecule has 0 bridgehead atoms. The quantitative estimate of drug-likeness (QED) is 0.251. The number of carbonyl (C=O) groups is 2.